The number of aromatic nitrogens is 4. The monoisotopic (exact) mass is 371 g/mol. The number of nitrogens with one attached hydrogen (secondary N) is 1. The van der Waals surface area contributed by atoms with E-state index in [1.54, 1.807) is 4.52 Å². The van der Waals surface area contributed by atoms with Crippen molar-refractivity contribution in [2.75, 3.05) is 5.75 Å². The number of fused-ring (bicyclic) bond motifs is 3. The summed E-state index contributed by atoms with van der Waals surface area (Å²) < 4.78 is 1.67. The first kappa shape index (κ1) is 18.3. The number of hydrogen-bond donors (Lipinski definition) is 1. The molecule has 26 heavy (non-hydrogen) atoms. The minimum atomic E-state index is -0.471. The summed E-state index contributed by atoms with van der Waals surface area (Å²) in [5.74, 6) is 0.590. The number of thioether (sulfide) groups is 1. The highest BCUT2D eigenvalue weighted by Gasteiger charge is 2.21. The molecule has 3 aromatic rings. The number of hydrogen-bond acceptors (Lipinski definition) is 6. The summed E-state index contributed by atoms with van der Waals surface area (Å²) in [6, 6.07) is 7.24. The number of benzene rings is 1. The number of nitrogens with zero attached hydrogens (tertiary/aromatic N) is 4. The third kappa shape index (κ3) is 3.70. The Morgan fingerprint density at radius 2 is 1.96 bits per heavy atom. The van der Waals surface area contributed by atoms with Crippen molar-refractivity contribution in [3.63, 3.8) is 0 Å². The number of amides is 1. The Balaban J connectivity index is 1.84. The fourth-order valence-corrected chi connectivity index (χ4v) is 3.57. The molecule has 1 N–H and O–H groups in total. The van der Waals surface area contributed by atoms with Gasteiger partial charge in [-0.3, -0.25) is 9.59 Å². The van der Waals surface area contributed by atoms with Gasteiger partial charge in [0.15, 0.2) is 16.6 Å². The molecule has 0 saturated carbocycles. The molecular formula is C18H21N5O2S. The van der Waals surface area contributed by atoms with Gasteiger partial charge in [0.1, 0.15) is 5.82 Å². The van der Waals surface area contributed by atoms with Crippen LogP contribution in [0.3, 0.4) is 0 Å². The molecular weight excluding hydrogens is 350 g/mol. The van der Waals surface area contributed by atoms with Crippen LogP contribution < -0.4 is 5.32 Å². The first-order valence-corrected chi connectivity index (χ1v) is 9.40. The van der Waals surface area contributed by atoms with Crippen LogP contribution in [-0.4, -0.2) is 43.1 Å². The summed E-state index contributed by atoms with van der Waals surface area (Å²) in [5, 5.41) is 8.70. The molecule has 0 saturated heterocycles. The lowest BCUT2D eigenvalue weighted by Gasteiger charge is -2.19. The first-order chi connectivity index (χ1) is 12.4. The Morgan fingerprint density at radius 3 is 2.65 bits per heavy atom. The van der Waals surface area contributed by atoms with E-state index in [1.165, 1.54) is 18.7 Å². The van der Waals surface area contributed by atoms with Gasteiger partial charge >= 0.3 is 0 Å². The standard InChI is InChI=1S/C18H21N5O2S/c1-10(2)16(11(3)24)21-15(25)9-26-18-20-14-8-6-5-7-13(14)17-19-12(4)22-23(17)18/h5-8,10,16H,9H2,1-4H3,(H,21,25). The van der Waals surface area contributed by atoms with Crippen LogP contribution in [0, 0.1) is 12.8 Å². The van der Waals surface area contributed by atoms with Crippen molar-refractivity contribution in [1.82, 2.24) is 24.9 Å². The maximum atomic E-state index is 12.3. The average Bonchev–Trinajstić information content (AvgIpc) is 2.98. The van der Waals surface area contributed by atoms with Gasteiger partial charge in [0, 0.05) is 5.39 Å². The van der Waals surface area contributed by atoms with Gasteiger partial charge in [-0.05, 0) is 31.9 Å². The first-order valence-electron chi connectivity index (χ1n) is 8.41. The number of carbonyl (C=O) groups is 2. The van der Waals surface area contributed by atoms with Gasteiger partial charge in [0.05, 0.1) is 17.3 Å². The summed E-state index contributed by atoms with van der Waals surface area (Å²) in [6.07, 6.45) is 0. The normalized spacial score (nSPS) is 12.7. The van der Waals surface area contributed by atoms with Crippen LogP contribution in [0.25, 0.3) is 16.6 Å². The molecule has 0 fully saturated rings. The summed E-state index contributed by atoms with van der Waals surface area (Å²) >= 11 is 1.28. The molecule has 0 radical (unpaired) electrons. The fourth-order valence-electron chi connectivity index (χ4n) is 2.81. The number of aryl methyl sites for hydroxylation is 1. The van der Waals surface area contributed by atoms with Crippen molar-refractivity contribution < 1.29 is 9.59 Å². The number of para-hydroxylation sites is 1. The van der Waals surface area contributed by atoms with Crippen LogP contribution in [-0.2, 0) is 9.59 Å². The molecule has 0 aliphatic carbocycles. The Kier molecular flexibility index (Phi) is 5.22. The van der Waals surface area contributed by atoms with E-state index in [2.05, 4.69) is 20.4 Å². The molecule has 0 aliphatic rings. The smallest absolute Gasteiger partial charge is 0.231 e. The predicted molar refractivity (Wildman–Crippen MR) is 101 cm³/mol. The predicted octanol–water partition coefficient (Wildman–Crippen LogP) is 2.41. The van der Waals surface area contributed by atoms with Gasteiger partial charge in [0.2, 0.25) is 5.91 Å². The van der Waals surface area contributed by atoms with E-state index >= 15 is 0 Å². The molecule has 3 rings (SSSR count). The topological polar surface area (TPSA) is 89.2 Å². The maximum Gasteiger partial charge on any atom is 0.231 e. The molecule has 0 bridgehead atoms. The third-order valence-electron chi connectivity index (χ3n) is 4.01. The van der Waals surface area contributed by atoms with Gasteiger partial charge in [-0.1, -0.05) is 37.7 Å². The molecule has 0 spiro atoms. The molecule has 8 heteroatoms. The Hall–Kier alpha value is -2.48. The van der Waals surface area contributed by atoms with Crippen molar-refractivity contribution in [3.05, 3.63) is 30.1 Å². The minimum absolute atomic E-state index is 0.0449. The van der Waals surface area contributed by atoms with Gasteiger partial charge in [-0.25, -0.2) is 9.97 Å². The van der Waals surface area contributed by atoms with Gasteiger partial charge in [-0.2, -0.15) is 4.52 Å². The number of ketones is 1. The zero-order chi connectivity index (χ0) is 18.8. The van der Waals surface area contributed by atoms with Gasteiger partial charge in [0.25, 0.3) is 0 Å². The lowest BCUT2D eigenvalue weighted by Crippen LogP contribution is -2.44. The Morgan fingerprint density at radius 1 is 1.23 bits per heavy atom. The molecule has 0 aliphatic heterocycles. The molecule has 136 valence electrons. The van der Waals surface area contributed by atoms with Crippen molar-refractivity contribution in [3.8, 4) is 0 Å². The van der Waals surface area contributed by atoms with E-state index in [0.29, 0.717) is 11.0 Å². The molecule has 2 aromatic heterocycles. The van der Waals surface area contributed by atoms with Gasteiger partial charge in [-0.15, -0.1) is 5.10 Å². The molecule has 2 heterocycles. The molecule has 7 nitrogen and oxygen atoms in total. The number of rotatable bonds is 6. The Bertz CT molecular complexity index is 982. The third-order valence-corrected chi connectivity index (χ3v) is 4.94. The maximum absolute atomic E-state index is 12.3. The zero-order valence-electron chi connectivity index (χ0n) is 15.2. The summed E-state index contributed by atoms with van der Waals surface area (Å²) in [4.78, 5) is 33.0. The second kappa shape index (κ2) is 7.41. The minimum Gasteiger partial charge on any atom is -0.345 e. The highest BCUT2D eigenvalue weighted by Crippen LogP contribution is 2.23. The molecule has 1 amide bonds. The quantitative estimate of drug-likeness (QED) is 0.529. The van der Waals surface area contributed by atoms with E-state index in [9.17, 15) is 9.59 Å². The largest absolute Gasteiger partial charge is 0.345 e. The van der Waals surface area contributed by atoms with E-state index in [0.717, 1.165) is 16.6 Å². The number of carbonyl (C=O) groups excluding carboxylic acids is 2. The molecule has 1 unspecified atom stereocenters. The SMILES string of the molecule is CC(=O)C(NC(=O)CSc1nc2ccccc2c2nc(C)nn12)C(C)C. The van der Waals surface area contributed by atoms with Crippen molar-refractivity contribution in [2.45, 2.75) is 38.9 Å². The fraction of sp³-hybridized carbons (Fsp3) is 0.389. The lowest BCUT2D eigenvalue weighted by atomic mass is 10.0. The second-order valence-corrected chi connectivity index (χ2v) is 7.44. The van der Waals surface area contributed by atoms with E-state index in [-0.39, 0.29) is 23.4 Å². The van der Waals surface area contributed by atoms with Crippen molar-refractivity contribution in [2.24, 2.45) is 5.92 Å². The van der Waals surface area contributed by atoms with Crippen LogP contribution in [0.5, 0.6) is 0 Å². The summed E-state index contributed by atoms with van der Waals surface area (Å²) in [6.45, 7) is 7.13. The summed E-state index contributed by atoms with van der Waals surface area (Å²) in [7, 11) is 0. The van der Waals surface area contributed by atoms with Crippen molar-refractivity contribution in [1.29, 1.82) is 0 Å². The molecule has 1 aromatic carbocycles. The Labute approximate surface area is 155 Å². The van der Waals surface area contributed by atoms with Crippen LogP contribution in [0.2, 0.25) is 0 Å². The second-order valence-electron chi connectivity index (χ2n) is 6.49. The number of Topliss-reactive ketones (excluding diaryl/α,β-unsaturated/α-hetero) is 1. The zero-order valence-corrected chi connectivity index (χ0v) is 16.0. The summed E-state index contributed by atoms with van der Waals surface area (Å²) in [5.41, 5.74) is 1.53. The highest BCUT2D eigenvalue weighted by atomic mass is 32.2. The van der Waals surface area contributed by atoms with Crippen LogP contribution in [0.1, 0.15) is 26.6 Å². The lowest BCUT2D eigenvalue weighted by molar-refractivity contribution is -0.126. The van der Waals surface area contributed by atoms with Crippen LogP contribution in [0.4, 0.5) is 0 Å². The van der Waals surface area contributed by atoms with Crippen LogP contribution in [0.15, 0.2) is 29.4 Å². The van der Waals surface area contributed by atoms with E-state index in [1.807, 2.05) is 45.0 Å². The van der Waals surface area contributed by atoms with E-state index in [4.69, 9.17) is 0 Å². The van der Waals surface area contributed by atoms with Gasteiger partial charge < -0.3 is 5.32 Å². The molecule has 1 atom stereocenters. The van der Waals surface area contributed by atoms with Crippen molar-refractivity contribution >= 4 is 40.0 Å². The average molecular weight is 371 g/mol. The van der Waals surface area contributed by atoms with Crippen LogP contribution >= 0.6 is 11.8 Å². The van der Waals surface area contributed by atoms with E-state index < -0.39 is 6.04 Å². The highest BCUT2D eigenvalue weighted by molar-refractivity contribution is 7.99.